The molecule has 0 saturated carbocycles. The second-order valence-electron chi connectivity index (χ2n) is 7.91. The van der Waals surface area contributed by atoms with Gasteiger partial charge < -0.3 is 15.1 Å². The van der Waals surface area contributed by atoms with Crippen molar-refractivity contribution < 1.29 is 4.42 Å². The van der Waals surface area contributed by atoms with Gasteiger partial charge in [-0.25, -0.2) is 4.98 Å². The Morgan fingerprint density at radius 1 is 1.03 bits per heavy atom. The fourth-order valence-corrected chi connectivity index (χ4v) is 4.45. The Labute approximate surface area is 195 Å². The average Bonchev–Trinajstić information content (AvgIpc) is 3.45. The van der Waals surface area contributed by atoms with E-state index in [-0.39, 0.29) is 17.6 Å². The van der Waals surface area contributed by atoms with E-state index < -0.39 is 0 Å². The molecule has 1 aromatic carbocycles. The minimum absolute atomic E-state index is 0.218. The molecule has 4 heterocycles. The van der Waals surface area contributed by atoms with Crippen LogP contribution in [-0.4, -0.2) is 50.0 Å². The van der Waals surface area contributed by atoms with Crippen molar-refractivity contribution in [1.82, 2.24) is 29.9 Å². The number of piperidine rings is 1. The summed E-state index contributed by atoms with van der Waals surface area (Å²) in [5, 5.41) is 13.7. The quantitative estimate of drug-likeness (QED) is 0.457. The smallest absolute Gasteiger partial charge is 0.251 e. The topological polar surface area (TPSA) is 98.9 Å². The number of halogens is 2. The van der Waals surface area contributed by atoms with Crippen LogP contribution < -0.4 is 5.73 Å². The van der Waals surface area contributed by atoms with Crippen LogP contribution in [-0.2, 0) is 0 Å². The molecule has 164 valence electrons. The Morgan fingerprint density at radius 2 is 1.75 bits per heavy atom. The Kier molecular flexibility index (Phi) is 5.58. The lowest BCUT2D eigenvalue weighted by molar-refractivity contribution is 0.212. The van der Waals surface area contributed by atoms with Crippen molar-refractivity contribution in [2.24, 2.45) is 0 Å². The van der Waals surface area contributed by atoms with E-state index in [1.165, 1.54) is 0 Å². The number of pyridine rings is 1. The third-order valence-electron chi connectivity index (χ3n) is 5.75. The molecule has 2 N–H and O–H groups in total. The molecule has 1 saturated heterocycles. The maximum Gasteiger partial charge on any atom is 0.251 e. The molecule has 0 bridgehead atoms. The third-order valence-corrected chi connectivity index (χ3v) is 6.38. The first-order valence-corrected chi connectivity index (χ1v) is 11.0. The number of hydrogen-bond acceptors (Lipinski definition) is 7. The lowest BCUT2D eigenvalue weighted by Gasteiger charge is -2.28. The maximum atomic E-state index is 6.27. The number of benzene rings is 1. The third kappa shape index (κ3) is 3.97. The molecule has 1 aliphatic heterocycles. The van der Waals surface area contributed by atoms with E-state index in [9.17, 15) is 0 Å². The number of aromatic nitrogens is 5. The van der Waals surface area contributed by atoms with Crippen LogP contribution in [0.2, 0.25) is 10.0 Å². The van der Waals surface area contributed by atoms with E-state index >= 15 is 0 Å². The van der Waals surface area contributed by atoms with Crippen LogP contribution in [0.15, 0.2) is 47.3 Å². The van der Waals surface area contributed by atoms with Crippen molar-refractivity contribution in [3.63, 3.8) is 0 Å². The summed E-state index contributed by atoms with van der Waals surface area (Å²) in [5.41, 5.74) is 8.96. The number of rotatable bonds is 4. The monoisotopic (exact) mass is 469 g/mol. The van der Waals surface area contributed by atoms with E-state index in [2.05, 4.69) is 38.4 Å². The number of hydrogen-bond donors (Lipinski definition) is 1. The molecular formula is C22H21Cl2N7O. The van der Waals surface area contributed by atoms with Gasteiger partial charge in [-0.05, 0) is 51.2 Å². The van der Waals surface area contributed by atoms with Crippen molar-refractivity contribution in [1.29, 1.82) is 0 Å². The van der Waals surface area contributed by atoms with Gasteiger partial charge in [0.15, 0.2) is 0 Å². The standard InChI is InChI=1S/C22H21Cl2N7O/c1-30-7-5-15(6-8-30)31-12-14(11-27-31)13-9-16(20(25)26-10-13)21-28-29-22(32-21)19-17(23)3-2-4-18(19)24/h2-4,9-12,15H,5-8H2,1H3,(H2,25,26). The molecule has 1 fully saturated rings. The summed E-state index contributed by atoms with van der Waals surface area (Å²) in [4.78, 5) is 6.67. The molecule has 0 unspecified atom stereocenters. The van der Waals surface area contributed by atoms with Crippen LogP contribution in [0.25, 0.3) is 34.0 Å². The zero-order valence-electron chi connectivity index (χ0n) is 17.4. The van der Waals surface area contributed by atoms with Gasteiger partial charge in [-0.3, -0.25) is 4.68 Å². The molecule has 0 atom stereocenters. The molecule has 32 heavy (non-hydrogen) atoms. The van der Waals surface area contributed by atoms with Crippen LogP contribution in [0.5, 0.6) is 0 Å². The van der Waals surface area contributed by atoms with Crippen LogP contribution in [0.3, 0.4) is 0 Å². The number of likely N-dealkylation sites (tertiary alicyclic amines) is 1. The highest BCUT2D eigenvalue weighted by Crippen LogP contribution is 2.36. The molecule has 8 nitrogen and oxygen atoms in total. The van der Waals surface area contributed by atoms with Crippen LogP contribution >= 0.6 is 23.2 Å². The van der Waals surface area contributed by atoms with Gasteiger partial charge >= 0.3 is 0 Å². The van der Waals surface area contributed by atoms with Crippen molar-refractivity contribution >= 4 is 29.0 Å². The second-order valence-corrected chi connectivity index (χ2v) is 8.72. The Balaban J connectivity index is 1.45. The van der Waals surface area contributed by atoms with Gasteiger partial charge in [0.2, 0.25) is 0 Å². The van der Waals surface area contributed by atoms with Gasteiger partial charge in [-0.1, -0.05) is 29.3 Å². The highest BCUT2D eigenvalue weighted by molar-refractivity contribution is 6.38. The summed E-state index contributed by atoms with van der Waals surface area (Å²) >= 11 is 12.5. The zero-order valence-corrected chi connectivity index (χ0v) is 18.9. The molecule has 10 heteroatoms. The van der Waals surface area contributed by atoms with Gasteiger partial charge in [0.1, 0.15) is 5.82 Å². The Bertz CT molecular complexity index is 1240. The number of nitrogens with zero attached hydrogens (tertiary/aromatic N) is 6. The number of nitrogens with two attached hydrogens (primary N) is 1. The van der Waals surface area contributed by atoms with Crippen molar-refractivity contribution in [3.05, 3.63) is 52.9 Å². The van der Waals surface area contributed by atoms with Gasteiger partial charge in [0, 0.05) is 23.5 Å². The summed E-state index contributed by atoms with van der Waals surface area (Å²) in [5.74, 6) is 0.748. The van der Waals surface area contributed by atoms with Crippen molar-refractivity contribution in [2.45, 2.75) is 18.9 Å². The van der Waals surface area contributed by atoms with Crippen LogP contribution in [0, 0.1) is 0 Å². The summed E-state index contributed by atoms with van der Waals surface area (Å²) in [6, 6.07) is 7.46. The highest BCUT2D eigenvalue weighted by Gasteiger charge is 2.21. The summed E-state index contributed by atoms with van der Waals surface area (Å²) in [7, 11) is 2.15. The van der Waals surface area contributed by atoms with E-state index in [0.717, 1.165) is 37.1 Å². The SMILES string of the molecule is CN1CCC(n2cc(-c3cnc(N)c(-c4nnc(-c5c(Cl)cccc5Cl)o4)c3)cn2)CC1. The highest BCUT2D eigenvalue weighted by atomic mass is 35.5. The molecule has 3 aromatic heterocycles. The van der Waals surface area contributed by atoms with Gasteiger partial charge in [0.25, 0.3) is 11.8 Å². The summed E-state index contributed by atoms with van der Waals surface area (Å²) in [6.45, 7) is 2.14. The van der Waals surface area contributed by atoms with Crippen LogP contribution in [0.4, 0.5) is 5.82 Å². The molecule has 0 aliphatic carbocycles. The number of anilines is 1. The first-order valence-electron chi connectivity index (χ1n) is 10.3. The van der Waals surface area contributed by atoms with E-state index in [1.54, 1.807) is 24.4 Å². The van der Waals surface area contributed by atoms with Crippen molar-refractivity contribution in [3.8, 4) is 34.0 Å². The lowest BCUT2D eigenvalue weighted by Crippen LogP contribution is -2.31. The molecule has 0 amide bonds. The minimum Gasteiger partial charge on any atom is -0.416 e. The van der Waals surface area contributed by atoms with E-state index in [1.807, 2.05) is 16.9 Å². The average molecular weight is 470 g/mol. The second kappa shape index (κ2) is 8.54. The van der Waals surface area contributed by atoms with E-state index in [0.29, 0.717) is 27.2 Å². The molecule has 0 spiro atoms. The summed E-state index contributed by atoms with van der Waals surface area (Å²) < 4.78 is 7.91. The Hall–Kier alpha value is -2.94. The first-order chi connectivity index (χ1) is 15.5. The molecule has 4 aromatic rings. The molecular weight excluding hydrogens is 449 g/mol. The predicted molar refractivity (Wildman–Crippen MR) is 124 cm³/mol. The predicted octanol–water partition coefficient (Wildman–Crippen LogP) is 4.82. The maximum absolute atomic E-state index is 6.27. The van der Waals surface area contributed by atoms with Crippen molar-refractivity contribution in [2.75, 3.05) is 25.9 Å². The molecule has 1 aliphatic rings. The fraction of sp³-hybridized carbons (Fsp3) is 0.273. The molecule has 5 rings (SSSR count). The first kappa shape index (κ1) is 20.9. The van der Waals surface area contributed by atoms with Gasteiger partial charge in [-0.2, -0.15) is 5.10 Å². The van der Waals surface area contributed by atoms with Crippen LogP contribution in [0.1, 0.15) is 18.9 Å². The zero-order chi connectivity index (χ0) is 22.2. The Morgan fingerprint density at radius 3 is 2.50 bits per heavy atom. The van der Waals surface area contributed by atoms with E-state index in [4.69, 9.17) is 33.4 Å². The van der Waals surface area contributed by atoms with Gasteiger partial charge in [-0.15, -0.1) is 10.2 Å². The summed E-state index contributed by atoms with van der Waals surface area (Å²) in [6.07, 6.45) is 7.78. The molecule has 0 radical (unpaired) electrons. The lowest BCUT2D eigenvalue weighted by atomic mass is 10.1. The fourth-order valence-electron chi connectivity index (χ4n) is 3.89. The minimum atomic E-state index is 0.218. The largest absolute Gasteiger partial charge is 0.416 e. The number of nitrogen functional groups attached to an aromatic ring is 1. The van der Waals surface area contributed by atoms with Gasteiger partial charge in [0.05, 0.1) is 33.4 Å². The normalized spacial score (nSPS) is 15.3.